The Bertz CT molecular complexity index is 624. The van der Waals surface area contributed by atoms with Crippen LogP contribution >= 0.6 is 0 Å². The van der Waals surface area contributed by atoms with Crippen LogP contribution in [0.2, 0.25) is 0 Å². The third-order valence-electron chi connectivity index (χ3n) is 2.53. The number of hydrogen-bond donors (Lipinski definition) is 5. The highest BCUT2D eigenvalue weighted by Gasteiger charge is 2.24. The van der Waals surface area contributed by atoms with Crippen molar-refractivity contribution in [3.05, 3.63) is 34.4 Å². The van der Waals surface area contributed by atoms with Gasteiger partial charge in [-0.3, -0.25) is 9.59 Å². The number of benzene rings is 1. The van der Waals surface area contributed by atoms with Crippen molar-refractivity contribution in [2.45, 2.75) is 0 Å². The van der Waals surface area contributed by atoms with Gasteiger partial charge in [0, 0.05) is 6.54 Å². The van der Waals surface area contributed by atoms with Gasteiger partial charge in [-0.2, -0.15) is 0 Å². The monoisotopic (exact) mass is 296 g/mol. The van der Waals surface area contributed by atoms with Crippen LogP contribution in [0.3, 0.4) is 0 Å². The van der Waals surface area contributed by atoms with Crippen molar-refractivity contribution in [2.24, 2.45) is 5.73 Å². The summed E-state index contributed by atoms with van der Waals surface area (Å²) in [5.74, 6) is -5.07. The largest absolute Gasteiger partial charge is 0.478 e. The molecule has 0 radical (unpaired) electrons. The predicted molar refractivity (Wildman–Crippen MR) is 68.3 cm³/mol. The zero-order chi connectivity index (χ0) is 16.2. The molecule has 0 saturated carbocycles. The number of carbonyl (C=O) groups excluding carboxylic acids is 2. The number of carboxylic acids is 2. The first-order valence-electron chi connectivity index (χ1n) is 5.63. The van der Waals surface area contributed by atoms with Crippen molar-refractivity contribution in [3.8, 4) is 0 Å². The van der Waals surface area contributed by atoms with Gasteiger partial charge in [-0.15, -0.1) is 0 Å². The van der Waals surface area contributed by atoms with Crippen molar-refractivity contribution >= 4 is 23.8 Å². The number of primary amides is 1. The fourth-order valence-electron chi connectivity index (χ4n) is 1.61. The van der Waals surface area contributed by atoms with Crippen molar-refractivity contribution in [3.63, 3.8) is 0 Å². The molecule has 0 aliphatic carbocycles. The zero-order valence-electron chi connectivity index (χ0n) is 10.6. The minimum absolute atomic E-state index is 0.141. The highest BCUT2D eigenvalue weighted by molar-refractivity contribution is 6.11. The van der Waals surface area contributed by atoms with Crippen LogP contribution in [0, 0.1) is 0 Å². The number of aliphatic hydroxyl groups excluding tert-OH is 1. The van der Waals surface area contributed by atoms with E-state index in [1.807, 2.05) is 0 Å². The summed E-state index contributed by atoms with van der Waals surface area (Å²) < 4.78 is 0. The first kappa shape index (κ1) is 16.1. The normalized spacial score (nSPS) is 9.95. The first-order valence-corrected chi connectivity index (χ1v) is 5.63. The Morgan fingerprint density at radius 3 is 1.86 bits per heavy atom. The molecule has 21 heavy (non-hydrogen) atoms. The lowest BCUT2D eigenvalue weighted by Gasteiger charge is -2.10. The maximum absolute atomic E-state index is 11.8. The molecule has 0 heterocycles. The summed E-state index contributed by atoms with van der Waals surface area (Å²) >= 11 is 0. The van der Waals surface area contributed by atoms with Crippen molar-refractivity contribution in [2.75, 3.05) is 13.2 Å². The van der Waals surface area contributed by atoms with E-state index in [-0.39, 0.29) is 13.2 Å². The molecule has 9 nitrogen and oxygen atoms in total. The summed E-state index contributed by atoms with van der Waals surface area (Å²) in [5, 5.41) is 28.9. The zero-order valence-corrected chi connectivity index (χ0v) is 10.6. The van der Waals surface area contributed by atoms with Crippen LogP contribution in [0.25, 0.3) is 0 Å². The van der Waals surface area contributed by atoms with E-state index in [0.29, 0.717) is 0 Å². The van der Waals surface area contributed by atoms with E-state index in [4.69, 9.17) is 21.1 Å². The molecule has 0 unspecified atom stereocenters. The predicted octanol–water partition coefficient (Wildman–Crippen LogP) is -1.10. The standard InChI is InChI=1S/C12H12N2O7/c13-9(16)5-3-8(12(20)21)6(4-7(5)11(18)19)10(17)14-1-2-15/h3-4,15H,1-2H2,(H2,13,16)(H,14,17)(H,18,19)(H,20,21). The van der Waals surface area contributed by atoms with E-state index in [1.165, 1.54) is 0 Å². The highest BCUT2D eigenvalue weighted by atomic mass is 16.4. The van der Waals surface area contributed by atoms with Gasteiger partial charge in [-0.1, -0.05) is 0 Å². The summed E-state index contributed by atoms with van der Waals surface area (Å²) in [7, 11) is 0. The number of aromatic carboxylic acids is 2. The lowest BCUT2D eigenvalue weighted by atomic mass is 9.97. The van der Waals surface area contributed by atoms with E-state index in [0.717, 1.165) is 12.1 Å². The molecule has 0 atom stereocenters. The fourth-order valence-corrected chi connectivity index (χ4v) is 1.61. The molecule has 1 aromatic rings. The molecular formula is C12H12N2O7. The maximum Gasteiger partial charge on any atom is 0.336 e. The summed E-state index contributed by atoms with van der Waals surface area (Å²) in [4.78, 5) is 45.2. The second-order valence-electron chi connectivity index (χ2n) is 3.90. The number of nitrogens with one attached hydrogen (secondary N) is 1. The van der Waals surface area contributed by atoms with E-state index >= 15 is 0 Å². The summed E-state index contributed by atoms with van der Waals surface area (Å²) in [6.45, 7) is -0.517. The molecule has 0 bridgehead atoms. The van der Waals surface area contributed by atoms with Gasteiger partial charge in [0.1, 0.15) is 0 Å². The van der Waals surface area contributed by atoms with Gasteiger partial charge in [0.15, 0.2) is 0 Å². The third kappa shape index (κ3) is 3.54. The smallest absolute Gasteiger partial charge is 0.336 e. The van der Waals surface area contributed by atoms with Crippen LogP contribution < -0.4 is 11.1 Å². The quantitative estimate of drug-likeness (QED) is 0.444. The van der Waals surface area contributed by atoms with Gasteiger partial charge in [0.2, 0.25) is 5.91 Å². The molecule has 0 aromatic heterocycles. The number of nitrogens with two attached hydrogens (primary N) is 1. The average Bonchev–Trinajstić information content (AvgIpc) is 2.42. The number of carbonyl (C=O) groups is 4. The number of hydrogen-bond acceptors (Lipinski definition) is 5. The molecule has 0 aliphatic rings. The molecule has 2 amide bonds. The van der Waals surface area contributed by atoms with Gasteiger partial charge in [0.25, 0.3) is 5.91 Å². The fraction of sp³-hybridized carbons (Fsp3) is 0.167. The van der Waals surface area contributed by atoms with Crippen LogP contribution in [0.4, 0.5) is 0 Å². The number of rotatable bonds is 6. The van der Waals surface area contributed by atoms with E-state index in [1.54, 1.807) is 0 Å². The summed E-state index contributed by atoms with van der Waals surface area (Å²) in [6, 6.07) is 1.50. The second-order valence-corrected chi connectivity index (χ2v) is 3.90. The molecule has 0 spiro atoms. The van der Waals surface area contributed by atoms with Crippen LogP contribution in [-0.4, -0.2) is 52.2 Å². The minimum Gasteiger partial charge on any atom is -0.478 e. The molecule has 0 aliphatic heterocycles. The maximum atomic E-state index is 11.8. The number of carboxylic acid groups (broad SMARTS) is 2. The Kier molecular flexibility index (Phi) is 4.97. The van der Waals surface area contributed by atoms with Crippen molar-refractivity contribution in [1.82, 2.24) is 5.32 Å². The van der Waals surface area contributed by atoms with Gasteiger partial charge in [0.05, 0.1) is 28.9 Å². The Morgan fingerprint density at radius 1 is 0.952 bits per heavy atom. The Labute approximate surface area is 118 Å². The molecule has 112 valence electrons. The van der Waals surface area contributed by atoms with Crippen molar-refractivity contribution < 1.29 is 34.5 Å². The van der Waals surface area contributed by atoms with Gasteiger partial charge < -0.3 is 26.4 Å². The molecule has 6 N–H and O–H groups in total. The Balaban J connectivity index is 3.51. The minimum atomic E-state index is -1.53. The summed E-state index contributed by atoms with van der Waals surface area (Å²) in [6.07, 6.45) is 0. The van der Waals surface area contributed by atoms with Crippen LogP contribution in [-0.2, 0) is 0 Å². The van der Waals surface area contributed by atoms with Gasteiger partial charge in [-0.05, 0) is 12.1 Å². The molecule has 1 aromatic carbocycles. The molecule has 1 rings (SSSR count). The van der Waals surface area contributed by atoms with Gasteiger partial charge in [-0.25, -0.2) is 9.59 Å². The van der Waals surface area contributed by atoms with Crippen LogP contribution in [0.1, 0.15) is 41.4 Å². The van der Waals surface area contributed by atoms with E-state index in [9.17, 15) is 19.2 Å². The molecular weight excluding hydrogens is 284 g/mol. The lowest BCUT2D eigenvalue weighted by molar-refractivity contribution is 0.0676. The van der Waals surface area contributed by atoms with Crippen LogP contribution in [0.15, 0.2) is 12.1 Å². The lowest BCUT2D eigenvalue weighted by Crippen LogP contribution is -2.29. The Morgan fingerprint density at radius 2 is 1.43 bits per heavy atom. The number of aliphatic hydroxyl groups is 1. The molecule has 9 heteroatoms. The SMILES string of the molecule is NC(=O)c1cc(C(=O)O)c(C(=O)NCCO)cc1C(=O)O. The third-order valence-corrected chi connectivity index (χ3v) is 2.53. The van der Waals surface area contributed by atoms with E-state index in [2.05, 4.69) is 5.32 Å². The van der Waals surface area contributed by atoms with Crippen molar-refractivity contribution in [1.29, 1.82) is 0 Å². The topological polar surface area (TPSA) is 167 Å². The molecule has 0 saturated heterocycles. The first-order chi connectivity index (χ1) is 9.79. The summed E-state index contributed by atoms with van der Waals surface area (Å²) in [5.41, 5.74) is 2.89. The Hall–Kier alpha value is -2.94. The average molecular weight is 296 g/mol. The molecule has 0 fully saturated rings. The van der Waals surface area contributed by atoms with Gasteiger partial charge >= 0.3 is 11.9 Å². The van der Waals surface area contributed by atoms with Crippen LogP contribution in [0.5, 0.6) is 0 Å². The highest BCUT2D eigenvalue weighted by Crippen LogP contribution is 2.18. The number of amides is 2. The second kappa shape index (κ2) is 6.48. The van der Waals surface area contributed by atoms with E-state index < -0.39 is 46.0 Å².